The number of thiazole rings is 1. The maximum absolute atomic E-state index is 11.6. The second-order valence-electron chi connectivity index (χ2n) is 4.60. The Morgan fingerprint density at radius 1 is 1.39 bits per heavy atom. The number of fused-ring (bicyclic) bond motifs is 1. The van der Waals surface area contributed by atoms with Crippen molar-refractivity contribution in [2.24, 2.45) is 0 Å². The Morgan fingerprint density at radius 2 is 2.11 bits per heavy atom. The molecule has 2 heterocycles. The molecule has 0 aliphatic rings. The quantitative estimate of drug-likeness (QED) is 0.808. The number of halogens is 1. The van der Waals surface area contributed by atoms with Crippen molar-refractivity contribution in [1.29, 1.82) is 0 Å². The second kappa shape index (κ2) is 4.81. The van der Waals surface area contributed by atoms with Gasteiger partial charge in [0, 0.05) is 0 Å². The molecule has 0 aliphatic carbocycles. The Balaban J connectivity index is 2.15. The highest BCUT2D eigenvalue weighted by atomic mass is 79.9. The molecule has 0 saturated carbocycles. The average Bonchev–Trinajstić information content (AvgIpc) is 2.55. The Bertz CT molecular complexity index is 591. The normalized spacial score (nSPS) is 11.6. The van der Waals surface area contributed by atoms with Crippen molar-refractivity contribution in [2.75, 3.05) is 5.32 Å². The lowest BCUT2D eigenvalue weighted by molar-refractivity contribution is 0.0636. The van der Waals surface area contributed by atoms with Gasteiger partial charge in [0.05, 0.1) is 0 Å². The van der Waals surface area contributed by atoms with Gasteiger partial charge in [-0.1, -0.05) is 11.3 Å². The molecule has 0 atom stereocenters. The SMILES string of the molecule is CC(C)(C)OC(=O)Nc1nc2ccc(Br)nc2s1. The van der Waals surface area contributed by atoms with E-state index < -0.39 is 11.7 Å². The number of ether oxygens (including phenoxy) is 1. The first-order valence-corrected chi connectivity index (χ1v) is 6.87. The van der Waals surface area contributed by atoms with E-state index in [9.17, 15) is 4.79 Å². The van der Waals surface area contributed by atoms with Crippen molar-refractivity contribution in [3.63, 3.8) is 0 Å². The van der Waals surface area contributed by atoms with Crippen molar-refractivity contribution in [1.82, 2.24) is 9.97 Å². The summed E-state index contributed by atoms with van der Waals surface area (Å²) in [6.45, 7) is 5.43. The van der Waals surface area contributed by atoms with Gasteiger partial charge in [0.1, 0.15) is 20.6 Å². The van der Waals surface area contributed by atoms with Gasteiger partial charge in [-0.2, -0.15) is 0 Å². The zero-order valence-corrected chi connectivity index (χ0v) is 12.6. The van der Waals surface area contributed by atoms with Crippen molar-refractivity contribution in [3.8, 4) is 0 Å². The van der Waals surface area contributed by atoms with Gasteiger partial charge in [0.25, 0.3) is 0 Å². The van der Waals surface area contributed by atoms with E-state index in [0.29, 0.717) is 5.13 Å². The fourth-order valence-corrected chi connectivity index (χ4v) is 2.49. The molecule has 0 radical (unpaired) electrons. The summed E-state index contributed by atoms with van der Waals surface area (Å²) in [7, 11) is 0. The van der Waals surface area contributed by atoms with Crippen LogP contribution < -0.4 is 5.32 Å². The van der Waals surface area contributed by atoms with Crippen LogP contribution in [0.5, 0.6) is 0 Å². The Kier molecular flexibility index (Phi) is 3.54. The highest BCUT2D eigenvalue weighted by Gasteiger charge is 2.17. The number of hydrogen-bond acceptors (Lipinski definition) is 5. The third-order valence-electron chi connectivity index (χ3n) is 1.83. The molecule has 0 aliphatic heterocycles. The second-order valence-corrected chi connectivity index (χ2v) is 6.39. The summed E-state index contributed by atoms with van der Waals surface area (Å²) in [6, 6.07) is 3.64. The van der Waals surface area contributed by atoms with Crippen molar-refractivity contribution < 1.29 is 9.53 Å². The largest absolute Gasteiger partial charge is 0.444 e. The molecule has 0 unspecified atom stereocenters. The summed E-state index contributed by atoms with van der Waals surface area (Å²) < 4.78 is 5.89. The first-order chi connectivity index (χ1) is 8.33. The van der Waals surface area contributed by atoms with Crippen LogP contribution in [0.3, 0.4) is 0 Å². The molecule has 0 saturated heterocycles. The number of nitrogens with zero attached hydrogens (tertiary/aromatic N) is 2. The number of rotatable bonds is 1. The first kappa shape index (κ1) is 13.2. The average molecular weight is 330 g/mol. The molecule has 1 amide bonds. The molecule has 0 spiro atoms. The van der Waals surface area contributed by atoms with Gasteiger partial charge in [0.2, 0.25) is 0 Å². The van der Waals surface area contributed by atoms with Gasteiger partial charge in [0.15, 0.2) is 5.13 Å². The summed E-state index contributed by atoms with van der Waals surface area (Å²) in [4.78, 5) is 20.8. The van der Waals surface area contributed by atoms with Crippen LogP contribution in [0.1, 0.15) is 20.8 Å². The summed E-state index contributed by atoms with van der Waals surface area (Å²) in [5.41, 5.74) is 0.219. The van der Waals surface area contributed by atoms with Crippen molar-refractivity contribution in [2.45, 2.75) is 26.4 Å². The minimum atomic E-state index is -0.526. The molecule has 18 heavy (non-hydrogen) atoms. The van der Waals surface area contributed by atoms with Gasteiger partial charge in [-0.3, -0.25) is 5.32 Å². The van der Waals surface area contributed by atoms with E-state index in [4.69, 9.17) is 4.74 Å². The topological polar surface area (TPSA) is 64.1 Å². The van der Waals surface area contributed by atoms with Crippen LogP contribution in [-0.2, 0) is 4.74 Å². The molecule has 0 aromatic carbocycles. The number of pyridine rings is 1. The molecule has 96 valence electrons. The summed E-state index contributed by atoms with van der Waals surface area (Å²) in [6.07, 6.45) is -0.513. The van der Waals surface area contributed by atoms with Crippen molar-refractivity contribution in [3.05, 3.63) is 16.7 Å². The summed E-state index contributed by atoms with van der Waals surface area (Å²) in [5.74, 6) is 0. The molecule has 2 rings (SSSR count). The molecular weight excluding hydrogens is 318 g/mol. The van der Waals surface area contributed by atoms with Crippen LogP contribution in [0.4, 0.5) is 9.93 Å². The molecular formula is C11H12BrN3O2S. The molecule has 5 nitrogen and oxygen atoms in total. The molecule has 1 N–H and O–H groups in total. The molecule has 2 aromatic rings. The van der Waals surface area contributed by atoms with E-state index in [0.717, 1.165) is 15.0 Å². The lowest BCUT2D eigenvalue weighted by Gasteiger charge is -2.18. The van der Waals surface area contributed by atoms with E-state index in [1.807, 2.05) is 26.8 Å². The number of hydrogen-bond donors (Lipinski definition) is 1. The monoisotopic (exact) mass is 329 g/mol. The van der Waals surface area contributed by atoms with Crippen LogP contribution in [0.25, 0.3) is 10.3 Å². The van der Waals surface area contributed by atoms with E-state index in [-0.39, 0.29) is 0 Å². The fourth-order valence-electron chi connectivity index (χ4n) is 1.24. The lowest BCUT2D eigenvalue weighted by Crippen LogP contribution is -2.27. The fraction of sp³-hybridized carbons (Fsp3) is 0.364. The van der Waals surface area contributed by atoms with Crippen LogP contribution in [-0.4, -0.2) is 21.7 Å². The highest BCUT2D eigenvalue weighted by Crippen LogP contribution is 2.26. The van der Waals surface area contributed by atoms with E-state index in [1.165, 1.54) is 11.3 Å². The number of anilines is 1. The third-order valence-corrected chi connectivity index (χ3v) is 3.15. The number of aromatic nitrogens is 2. The van der Waals surface area contributed by atoms with E-state index >= 15 is 0 Å². The van der Waals surface area contributed by atoms with Gasteiger partial charge < -0.3 is 4.74 Å². The maximum Gasteiger partial charge on any atom is 0.413 e. The van der Waals surface area contributed by atoms with Crippen LogP contribution in [0.15, 0.2) is 16.7 Å². The van der Waals surface area contributed by atoms with Gasteiger partial charge in [-0.15, -0.1) is 0 Å². The minimum Gasteiger partial charge on any atom is -0.444 e. The molecule has 0 bridgehead atoms. The summed E-state index contributed by atoms with van der Waals surface area (Å²) >= 11 is 4.59. The Labute approximate surface area is 117 Å². The smallest absolute Gasteiger partial charge is 0.413 e. The van der Waals surface area contributed by atoms with Crippen LogP contribution >= 0.6 is 27.3 Å². The number of nitrogens with one attached hydrogen (secondary N) is 1. The number of amides is 1. The first-order valence-electron chi connectivity index (χ1n) is 5.26. The Morgan fingerprint density at radius 3 is 2.78 bits per heavy atom. The predicted molar refractivity (Wildman–Crippen MR) is 75.0 cm³/mol. The number of carbonyl (C=O) groups excluding carboxylic acids is 1. The Hall–Kier alpha value is -1.21. The standard InChI is InChI=1S/C11H12BrN3O2S/c1-11(2,3)17-10(16)15-9-13-6-4-5-7(12)14-8(6)18-9/h4-5H,1-3H3,(H,13,15,16). The lowest BCUT2D eigenvalue weighted by atomic mass is 10.2. The third kappa shape index (κ3) is 3.39. The van der Waals surface area contributed by atoms with Gasteiger partial charge in [-0.05, 0) is 48.8 Å². The van der Waals surface area contributed by atoms with E-state index in [1.54, 1.807) is 6.07 Å². The van der Waals surface area contributed by atoms with Crippen molar-refractivity contribution >= 4 is 48.8 Å². The zero-order valence-electron chi connectivity index (χ0n) is 10.2. The number of carbonyl (C=O) groups is 1. The molecule has 7 heteroatoms. The van der Waals surface area contributed by atoms with Gasteiger partial charge in [-0.25, -0.2) is 14.8 Å². The van der Waals surface area contributed by atoms with Crippen LogP contribution in [0.2, 0.25) is 0 Å². The molecule has 2 aromatic heterocycles. The van der Waals surface area contributed by atoms with Gasteiger partial charge >= 0.3 is 6.09 Å². The van der Waals surface area contributed by atoms with E-state index in [2.05, 4.69) is 31.2 Å². The molecule has 0 fully saturated rings. The van der Waals surface area contributed by atoms with Crippen LogP contribution in [0, 0.1) is 0 Å². The highest BCUT2D eigenvalue weighted by molar-refractivity contribution is 9.10. The minimum absolute atomic E-state index is 0.477. The summed E-state index contributed by atoms with van der Waals surface area (Å²) in [5, 5.41) is 3.08. The zero-order chi connectivity index (χ0) is 13.3. The maximum atomic E-state index is 11.6. The predicted octanol–water partition coefficient (Wildman–Crippen LogP) is 3.80.